The normalized spacial score (nSPS) is 49.1. The first-order valence-electron chi connectivity index (χ1n) is 22.0. The maximum atomic E-state index is 13.0. The Morgan fingerprint density at radius 3 is 2.53 bits per heavy atom. The molecule has 1 amide bonds. The molecule has 3 N–H and O–H groups in total. The van der Waals surface area contributed by atoms with Gasteiger partial charge in [-0.2, -0.15) is 0 Å². The number of ether oxygens (including phenoxy) is 4. The van der Waals surface area contributed by atoms with Gasteiger partial charge in [0.2, 0.25) is 0 Å². The smallest absolute Gasteiger partial charge is 0.0574 e. The molecule has 3 saturated heterocycles. The molecule has 3 unspecified atom stereocenters. The molecular formula is C45H69IN3O6-. The van der Waals surface area contributed by atoms with Crippen LogP contribution < -0.4 is 27.2 Å². The number of carbonyl (C=O) groups is 1. The first-order chi connectivity index (χ1) is 26.2. The third kappa shape index (κ3) is 5.66. The number of rotatable bonds is 7. The van der Waals surface area contributed by atoms with Gasteiger partial charge in [0.25, 0.3) is 0 Å². The fourth-order valence-corrected chi connectivity index (χ4v) is 17.8. The quantitative estimate of drug-likeness (QED) is 0.292. The zero-order valence-electron chi connectivity index (χ0n) is 34.6. The van der Waals surface area contributed by atoms with Crippen molar-refractivity contribution in [2.45, 2.75) is 149 Å². The van der Waals surface area contributed by atoms with Crippen LogP contribution in [0.3, 0.4) is 0 Å². The van der Waals surface area contributed by atoms with Gasteiger partial charge in [-0.15, -0.1) is 0 Å². The molecule has 6 aliphatic carbocycles. The van der Waals surface area contributed by atoms with Gasteiger partial charge in [0, 0.05) is 13.1 Å². The number of allylic oxidation sites excluding steroid dienone is 6. The van der Waals surface area contributed by atoms with Crippen molar-refractivity contribution < 1.29 is 50.3 Å². The summed E-state index contributed by atoms with van der Waals surface area (Å²) in [6.07, 6.45) is 18.6. The molecule has 55 heavy (non-hydrogen) atoms. The summed E-state index contributed by atoms with van der Waals surface area (Å²) in [5, 5.41) is 12.7. The SMILES string of the molecule is CC(C)[C@@H](OC(=O)N1CCC1)C1C[C@@H](C)[C@H]2C(O1)[C@H](O)[C@@]1(N)C3CC[C@H]4C(C)(C)[C@@H](O[C@H]5CN([I-]C6=CC=CC=CC6)CCO5)CC[C@@]45[C@@H](C)[C@@]35CC[C@]21C. The first-order valence-corrected chi connectivity index (χ1v) is 24.0. The third-order valence-corrected chi connectivity index (χ3v) is 20.8. The van der Waals surface area contributed by atoms with Crippen molar-refractivity contribution in [1.82, 2.24) is 8.01 Å². The van der Waals surface area contributed by atoms with E-state index >= 15 is 0 Å². The summed E-state index contributed by atoms with van der Waals surface area (Å²) in [4.78, 5) is 14.8. The average molecular weight is 875 g/mol. The number of aliphatic hydroxyl groups is 1. The average Bonchev–Trinajstić information content (AvgIpc) is 3.70. The third-order valence-electron chi connectivity index (χ3n) is 17.8. The molecule has 3 aliphatic heterocycles. The monoisotopic (exact) mass is 874 g/mol. The second kappa shape index (κ2) is 14.0. The van der Waals surface area contributed by atoms with Gasteiger partial charge in [0.05, 0.1) is 12.2 Å². The van der Waals surface area contributed by atoms with E-state index in [4.69, 9.17) is 24.7 Å². The van der Waals surface area contributed by atoms with E-state index in [1.807, 2.05) is 0 Å². The van der Waals surface area contributed by atoms with Crippen LogP contribution in [0.1, 0.15) is 106 Å². The number of amides is 1. The van der Waals surface area contributed by atoms with Crippen LogP contribution in [-0.2, 0) is 18.9 Å². The Balaban J connectivity index is 0.923. The van der Waals surface area contributed by atoms with E-state index in [0.717, 1.165) is 77.7 Å². The van der Waals surface area contributed by atoms with E-state index < -0.39 is 11.6 Å². The predicted octanol–water partition coefficient (Wildman–Crippen LogP) is 4.05. The number of carbonyl (C=O) groups excluding carboxylic acids is 1. The van der Waals surface area contributed by atoms with Gasteiger partial charge < -0.3 is 19.5 Å². The van der Waals surface area contributed by atoms with E-state index in [-0.39, 0.29) is 97.7 Å². The summed E-state index contributed by atoms with van der Waals surface area (Å²) in [6, 6.07) is 0. The fraction of sp³-hybridized carbons (Fsp3) is 0.844. The zero-order valence-corrected chi connectivity index (χ0v) is 36.7. The van der Waals surface area contributed by atoms with Crippen molar-refractivity contribution in [3.63, 3.8) is 0 Å². The van der Waals surface area contributed by atoms with E-state index in [2.05, 4.69) is 82.0 Å². The Labute approximate surface area is 341 Å². The fourth-order valence-electron chi connectivity index (χ4n) is 15.2. The number of hydrogen-bond acceptors (Lipinski definition) is 8. The number of morpholine rings is 1. The van der Waals surface area contributed by atoms with E-state index in [1.165, 1.54) is 12.8 Å². The molecule has 3 heterocycles. The molecule has 15 atom stereocenters. The standard InChI is InChI=1S/C45H69IN3O6/c1-27(2)37(55-40(51)48-21-12-22-48)31-25-28(3)36-38(53-31)39(50)45(47)33-16-15-32-41(5,6)34(17-18-43(32)29(4)44(33,43)20-19-42(36,45)7)54-35-26-49(23-24-52-35)46-30-13-10-8-9-11-14-30/h8-11,13,27-29,31-39,50H,12,14-26,47H2,1-7H3/q-1/t28-,29-,31?,32+,33?,34+,35+,36+,37-,38?,39+,42-,43-,44+,45+/m1/s1. The number of likely N-dealkylation sites (tertiary alicyclic amines) is 1. The number of aliphatic hydroxyl groups excluding tert-OH is 1. The molecule has 9 aliphatic rings. The van der Waals surface area contributed by atoms with Gasteiger partial charge >= 0.3 is 229 Å². The van der Waals surface area contributed by atoms with Crippen LogP contribution in [0.2, 0.25) is 0 Å². The van der Waals surface area contributed by atoms with Crippen molar-refractivity contribution in [2.75, 3.05) is 32.8 Å². The van der Waals surface area contributed by atoms with Crippen LogP contribution >= 0.6 is 0 Å². The molecule has 0 aromatic heterocycles. The van der Waals surface area contributed by atoms with Crippen LogP contribution in [-0.4, -0.2) is 94.3 Å². The van der Waals surface area contributed by atoms with Crippen molar-refractivity contribution >= 4 is 6.09 Å². The summed E-state index contributed by atoms with van der Waals surface area (Å²) in [6.45, 7) is 20.6. The van der Waals surface area contributed by atoms with Gasteiger partial charge in [-0.25, -0.2) is 4.79 Å². The van der Waals surface area contributed by atoms with Crippen LogP contribution in [0.5, 0.6) is 0 Å². The molecule has 0 aromatic rings. The minimum atomic E-state index is -0.752. The first kappa shape index (κ1) is 39.4. The number of halogens is 1. The van der Waals surface area contributed by atoms with Gasteiger partial charge in [-0.1, -0.05) is 27.7 Å². The zero-order chi connectivity index (χ0) is 38.7. The second-order valence-corrected chi connectivity index (χ2v) is 23.7. The van der Waals surface area contributed by atoms with Crippen LogP contribution in [0.15, 0.2) is 34.0 Å². The van der Waals surface area contributed by atoms with Crippen molar-refractivity contribution in [1.29, 1.82) is 0 Å². The molecule has 0 bridgehead atoms. The van der Waals surface area contributed by atoms with E-state index in [9.17, 15) is 9.90 Å². The van der Waals surface area contributed by atoms with Crippen molar-refractivity contribution in [2.24, 2.45) is 62.9 Å². The van der Waals surface area contributed by atoms with Gasteiger partial charge in [0.1, 0.15) is 6.10 Å². The summed E-state index contributed by atoms with van der Waals surface area (Å²) in [5.41, 5.74) is 7.38. The van der Waals surface area contributed by atoms with Gasteiger partial charge in [0.15, 0.2) is 0 Å². The molecule has 10 heteroatoms. The molecule has 9 nitrogen and oxygen atoms in total. The van der Waals surface area contributed by atoms with Gasteiger partial charge in [-0.3, -0.25) is 0 Å². The van der Waals surface area contributed by atoms with Crippen LogP contribution in [0, 0.1) is 57.2 Å². The predicted molar refractivity (Wildman–Crippen MR) is 208 cm³/mol. The summed E-state index contributed by atoms with van der Waals surface area (Å²) >= 11 is -0.214. The molecular weight excluding hydrogens is 805 g/mol. The Morgan fingerprint density at radius 1 is 1.02 bits per heavy atom. The summed E-state index contributed by atoms with van der Waals surface area (Å²) in [7, 11) is 0. The maximum absolute atomic E-state index is 13.0. The minimum Gasteiger partial charge on any atom is -0.0574 e. The van der Waals surface area contributed by atoms with Crippen molar-refractivity contribution in [3.05, 3.63) is 34.0 Å². The number of hydrogen-bond donors (Lipinski definition) is 2. The van der Waals surface area contributed by atoms with E-state index in [0.29, 0.717) is 17.8 Å². The number of fused-ring (bicyclic) bond motifs is 4. The van der Waals surface area contributed by atoms with Crippen molar-refractivity contribution in [3.8, 4) is 0 Å². The molecule has 9 rings (SSSR count). The Hall–Kier alpha value is -1.02. The minimum absolute atomic E-state index is 0.00998. The molecule has 5 saturated carbocycles. The number of nitrogens with zero attached hydrogens (tertiary/aromatic N) is 2. The molecule has 2 spiro atoms. The van der Waals surface area contributed by atoms with Gasteiger partial charge in [-0.05, 0) is 30.6 Å². The molecule has 0 radical (unpaired) electrons. The summed E-state index contributed by atoms with van der Waals surface area (Å²) in [5.74, 6) is 1.95. The molecule has 308 valence electrons. The second-order valence-electron chi connectivity index (χ2n) is 20.5. The molecule has 8 fully saturated rings. The Morgan fingerprint density at radius 2 is 1.78 bits per heavy atom. The van der Waals surface area contributed by atoms with Crippen LogP contribution in [0.25, 0.3) is 0 Å². The van der Waals surface area contributed by atoms with Crippen LogP contribution in [0.4, 0.5) is 4.79 Å². The number of nitrogens with two attached hydrogens (primary N) is 1. The summed E-state index contributed by atoms with van der Waals surface area (Å²) < 4.78 is 30.8. The molecule has 0 aromatic carbocycles. The topological polar surface area (TPSA) is 107 Å². The van der Waals surface area contributed by atoms with E-state index in [1.54, 1.807) is 8.48 Å². The Bertz CT molecular complexity index is 1600. The Kier molecular flexibility index (Phi) is 10.1.